The fourth-order valence-electron chi connectivity index (χ4n) is 3.25. The molecule has 8 nitrogen and oxygen atoms in total. The Kier molecular flexibility index (Phi) is 7.15. The third kappa shape index (κ3) is 5.02. The Balaban J connectivity index is 1.62. The molecule has 3 rings (SSSR count). The Bertz CT molecular complexity index is 1020. The topological polar surface area (TPSA) is 85.1 Å². The number of amides is 2. The van der Waals surface area contributed by atoms with Crippen LogP contribution in [0.2, 0.25) is 0 Å². The van der Waals surface area contributed by atoms with E-state index in [0.29, 0.717) is 19.6 Å². The Labute approximate surface area is 180 Å². The molecule has 0 aliphatic heterocycles. The van der Waals surface area contributed by atoms with Crippen molar-refractivity contribution in [1.82, 2.24) is 24.2 Å². The number of anilines is 1. The van der Waals surface area contributed by atoms with Crippen molar-refractivity contribution in [3.8, 4) is 0 Å². The van der Waals surface area contributed by atoms with Crippen LogP contribution in [0.4, 0.5) is 5.69 Å². The molecule has 1 N–H and O–H groups in total. The zero-order chi connectivity index (χ0) is 21.7. The minimum Gasteiger partial charge on any atom is -0.342 e. The van der Waals surface area contributed by atoms with Gasteiger partial charge in [-0.3, -0.25) is 9.59 Å². The summed E-state index contributed by atoms with van der Waals surface area (Å²) in [6.07, 6.45) is 3.58. The van der Waals surface area contributed by atoms with Crippen LogP contribution in [0.25, 0.3) is 10.9 Å². The molecule has 1 aromatic carbocycles. The molecule has 30 heavy (non-hydrogen) atoms. The molecular formula is C21H28N6O2S. The normalized spacial score (nSPS) is 11.2. The Morgan fingerprint density at radius 1 is 1.20 bits per heavy atom. The molecule has 0 unspecified atom stereocenters. The molecule has 0 radical (unpaired) electrons. The Morgan fingerprint density at radius 3 is 2.67 bits per heavy atom. The van der Waals surface area contributed by atoms with Crippen LogP contribution < -0.4 is 5.32 Å². The van der Waals surface area contributed by atoms with E-state index in [-0.39, 0.29) is 23.6 Å². The summed E-state index contributed by atoms with van der Waals surface area (Å²) in [6, 6.07) is 7.92. The van der Waals surface area contributed by atoms with Gasteiger partial charge in [0, 0.05) is 41.9 Å². The van der Waals surface area contributed by atoms with E-state index in [4.69, 9.17) is 0 Å². The van der Waals surface area contributed by atoms with Gasteiger partial charge in [-0.25, -0.2) is 0 Å². The molecule has 2 amide bonds. The third-order valence-corrected chi connectivity index (χ3v) is 5.86. The van der Waals surface area contributed by atoms with Gasteiger partial charge in [-0.05, 0) is 52.0 Å². The van der Waals surface area contributed by atoms with Gasteiger partial charge in [0.15, 0.2) is 5.16 Å². The number of rotatable bonds is 9. The maximum Gasteiger partial charge on any atom is 0.242 e. The van der Waals surface area contributed by atoms with Crippen molar-refractivity contribution in [2.24, 2.45) is 0 Å². The average molecular weight is 429 g/mol. The first-order valence-corrected chi connectivity index (χ1v) is 11.1. The average Bonchev–Trinajstić information content (AvgIpc) is 3.34. The van der Waals surface area contributed by atoms with Crippen molar-refractivity contribution >= 4 is 40.2 Å². The van der Waals surface area contributed by atoms with Gasteiger partial charge in [-0.2, -0.15) is 0 Å². The zero-order valence-electron chi connectivity index (χ0n) is 17.8. The lowest BCUT2D eigenvalue weighted by molar-refractivity contribution is -0.131. The fourth-order valence-corrected chi connectivity index (χ4v) is 4.10. The van der Waals surface area contributed by atoms with E-state index in [1.54, 1.807) is 6.33 Å². The van der Waals surface area contributed by atoms with Gasteiger partial charge in [0.05, 0.1) is 5.75 Å². The van der Waals surface area contributed by atoms with E-state index in [9.17, 15) is 9.59 Å². The number of likely N-dealkylation sites (N-methyl/N-ethyl adjacent to an activating group) is 1. The third-order valence-electron chi connectivity index (χ3n) is 4.91. The smallest absolute Gasteiger partial charge is 0.242 e. The fraction of sp³-hybridized carbons (Fsp3) is 0.429. The molecule has 9 heteroatoms. The van der Waals surface area contributed by atoms with Crippen LogP contribution >= 0.6 is 11.8 Å². The van der Waals surface area contributed by atoms with E-state index in [2.05, 4.69) is 15.5 Å². The number of hydrogen-bond acceptors (Lipinski definition) is 5. The predicted molar refractivity (Wildman–Crippen MR) is 120 cm³/mol. The monoisotopic (exact) mass is 428 g/mol. The van der Waals surface area contributed by atoms with Gasteiger partial charge in [0.2, 0.25) is 11.8 Å². The van der Waals surface area contributed by atoms with Crippen LogP contribution in [0.3, 0.4) is 0 Å². The van der Waals surface area contributed by atoms with Crippen LogP contribution in [0.15, 0.2) is 41.9 Å². The van der Waals surface area contributed by atoms with Crippen molar-refractivity contribution in [2.45, 2.75) is 45.4 Å². The highest BCUT2D eigenvalue weighted by Gasteiger charge is 2.13. The van der Waals surface area contributed by atoms with E-state index in [1.807, 2.05) is 72.2 Å². The van der Waals surface area contributed by atoms with Crippen LogP contribution in [0.5, 0.6) is 0 Å². The van der Waals surface area contributed by atoms with Gasteiger partial charge < -0.3 is 19.4 Å². The summed E-state index contributed by atoms with van der Waals surface area (Å²) in [7, 11) is 0. The van der Waals surface area contributed by atoms with Gasteiger partial charge in [0.1, 0.15) is 12.9 Å². The van der Waals surface area contributed by atoms with Gasteiger partial charge in [-0.15, -0.1) is 10.2 Å². The number of benzene rings is 1. The van der Waals surface area contributed by atoms with Crippen LogP contribution in [0, 0.1) is 0 Å². The summed E-state index contributed by atoms with van der Waals surface area (Å²) in [6.45, 7) is 9.77. The summed E-state index contributed by atoms with van der Waals surface area (Å²) in [5.41, 5.74) is 1.69. The second kappa shape index (κ2) is 9.80. The summed E-state index contributed by atoms with van der Waals surface area (Å²) in [5, 5.41) is 12.6. The molecule has 0 fully saturated rings. The molecule has 0 spiro atoms. The van der Waals surface area contributed by atoms with Gasteiger partial charge in [-0.1, -0.05) is 11.8 Å². The molecule has 160 valence electrons. The second-order valence-electron chi connectivity index (χ2n) is 7.23. The van der Waals surface area contributed by atoms with Gasteiger partial charge >= 0.3 is 0 Å². The maximum absolute atomic E-state index is 12.4. The summed E-state index contributed by atoms with van der Waals surface area (Å²) < 4.78 is 3.88. The number of fused-ring (bicyclic) bond motifs is 1. The quantitative estimate of drug-likeness (QED) is 0.528. The standard InChI is InChI=1S/C21H28N6O2S/c1-5-25(6-2)20(29)12-26-10-9-16-11-17(7-8-18(16)26)23-19(28)13-30-21-24-22-14-27(21)15(3)4/h7-11,14-15H,5-6,12-13H2,1-4H3,(H,23,28). The van der Waals surface area contributed by atoms with Crippen molar-refractivity contribution in [1.29, 1.82) is 0 Å². The highest BCUT2D eigenvalue weighted by Crippen LogP contribution is 2.22. The molecular weight excluding hydrogens is 400 g/mol. The van der Waals surface area contributed by atoms with E-state index in [1.165, 1.54) is 11.8 Å². The first-order chi connectivity index (χ1) is 14.4. The molecule has 0 bridgehead atoms. The first-order valence-electron chi connectivity index (χ1n) is 10.1. The largest absolute Gasteiger partial charge is 0.342 e. The van der Waals surface area contributed by atoms with Gasteiger partial charge in [0.25, 0.3) is 0 Å². The SMILES string of the molecule is CCN(CC)C(=O)Cn1ccc2cc(NC(=O)CSc3nncn3C(C)C)ccc21. The number of thioether (sulfide) groups is 1. The lowest BCUT2D eigenvalue weighted by Gasteiger charge is -2.19. The minimum absolute atomic E-state index is 0.0983. The Morgan fingerprint density at radius 2 is 1.97 bits per heavy atom. The number of carbonyl (C=O) groups excluding carboxylic acids is 2. The molecule has 0 saturated carbocycles. The molecule has 2 heterocycles. The van der Waals surface area contributed by atoms with Crippen LogP contribution in [0.1, 0.15) is 33.7 Å². The number of nitrogens with one attached hydrogen (secondary N) is 1. The summed E-state index contributed by atoms with van der Waals surface area (Å²) in [4.78, 5) is 26.6. The summed E-state index contributed by atoms with van der Waals surface area (Å²) in [5.74, 6) is 0.248. The lowest BCUT2D eigenvalue weighted by Crippen LogP contribution is -2.33. The lowest BCUT2D eigenvalue weighted by atomic mass is 10.2. The Hall–Kier alpha value is -2.81. The van der Waals surface area contributed by atoms with Crippen molar-refractivity contribution < 1.29 is 9.59 Å². The van der Waals surface area contributed by atoms with Crippen LogP contribution in [-0.2, 0) is 16.1 Å². The van der Waals surface area contributed by atoms with Crippen molar-refractivity contribution in [3.63, 3.8) is 0 Å². The predicted octanol–water partition coefficient (Wildman–Crippen LogP) is 3.41. The molecule has 0 aliphatic carbocycles. The molecule has 2 aromatic heterocycles. The highest BCUT2D eigenvalue weighted by atomic mass is 32.2. The number of hydrogen-bond donors (Lipinski definition) is 1. The number of nitrogens with zero attached hydrogens (tertiary/aromatic N) is 5. The minimum atomic E-state index is -0.103. The van der Waals surface area contributed by atoms with E-state index >= 15 is 0 Å². The van der Waals surface area contributed by atoms with Crippen molar-refractivity contribution in [3.05, 3.63) is 36.8 Å². The molecule has 0 atom stereocenters. The number of aromatic nitrogens is 4. The van der Waals surface area contributed by atoms with Crippen molar-refractivity contribution in [2.75, 3.05) is 24.2 Å². The first kappa shape index (κ1) is 21.9. The molecule has 0 saturated heterocycles. The number of carbonyl (C=O) groups is 2. The second-order valence-corrected chi connectivity index (χ2v) is 8.18. The van der Waals surface area contributed by atoms with Crippen LogP contribution in [-0.4, -0.2) is 54.9 Å². The van der Waals surface area contributed by atoms with E-state index < -0.39 is 0 Å². The zero-order valence-corrected chi connectivity index (χ0v) is 18.6. The highest BCUT2D eigenvalue weighted by molar-refractivity contribution is 7.99. The summed E-state index contributed by atoms with van der Waals surface area (Å²) >= 11 is 1.36. The molecule has 0 aliphatic rings. The van der Waals surface area contributed by atoms with E-state index in [0.717, 1.165) is 21.7 Å². The molecule has 3 aromatic rings. The maximum atomic E-state index is 12.4.